The van der Waals surface area contributed by atoms with Crippen LogP contribution in [0.2, 0.25) is 0 Å². The summed E-state index contributed by atoms with van der Waals surface area (Å²) in [5.74, 6) is 1.84. The van der Waals surface area contributed by atoms with Crippen molar-refractivity contribution in [3.8, 4) is 11.4 Å². The van der Waals surface area contributed by atoms with Crippen molar-refractivity contribution >= 4 is 0 Å². The van der Waals surface area contributed by atoms with Crippen LogP contribution in [0.15, 0.2) is 33.3 Å². The highest BCUT2D eigenvalue weighted by Crippen LogP contribution is 2.32. The molecule has 1 aliphatic heterocycles. The number of benzene rings is 1. The number of alkyl halides is 3. The molecule has 31 heavy (non-hydrogen) atoms. The Hall–Kier alpha value is -2.79. The third kappa shape index (κ3) is 4.93. The topological polar surface area (TPSA) is 84.3 Å². The van der Waals surface area contributed by atoms with E-state index in [-0.39, 0.29) is 17.4 Å². The summed E-state index contributed by atoms with van der Waals surface area (Å²) in [4.78, 5) is 13.1. The molecule has 0 amide bonds. The van der Waals surface area contributed by atoms with Crippen LogP contribution in [0.4, 0.5) is 13.2 Å². The summed E-state index contributed by atoms with van der Waals surface area (Å²) in [6, 6.07) is 4.77. The molecule has 0 N–H and O–H groups in total. The summed E-state index contributed by atoms with van der Waals surface area (Å²) in [6.45, 7) is 7.70. The first kappa shape index (κ1) is 21.4. The predicted octanol–water partition coefficient (Wildman–Crippen LogP) is 3.58. The summed E-state index contributed by atoms with van der Waals surface area (Å²) >= 11 is 0. The van der Waals surface area contributed by atoms with Crippen molar-refractivity contribution in [3.05, 3.63) is 47.4 Å². The highest BCUT2D eigenvalue weighted by molar-refractivity contribution is 5.55. The van der Waals surface area contributed by atoms with Crippen molar-refractivity contribution < 1.29 is 22.2 Å². The van der Waals surface area contributed by atoms with E-state index in [0.29, 0.717) is 24.2 Å². The highest BCUT2D eigenvalue weighted by Gasteiger charge is 2.31. The second-order valence-corrected chi connectivity index (χ2v) is 7.48. The summed E-state index contributed by atoms with van der Waals surface area (Å²) in [6.07, 6.45) is -3.68. The van der Waals surface area contributed by atoms with Gasteiger partial charge in [0.25, 0.3) is 0 Å². The van der Waals surface area contributed by atoms with Crippen LogP contribution in [-0.2, 0) is 19.1 Å². The molecule has 2 aromatic heterocycles. The zero-order valence-electron chi connectivity index (χ0n) is 17.3. The molecule has 1 atom stereocenters. The molecule has 3 aromatic rings. The van der Waals surface area contributed by atoms with Gasteiger partial charge in [0, 0.05) is 38.2 Å². The lowest BCUT2D eigenvalue weighted by Crippen LogP contribution is -2.46. The van der Waals surface area contributed by atoms with Crippen LogP contribution in [0.5, 0.6) is 0 Å². The molecule has 0 saturated carbocycles. The van der Waals surface area contributed by atoms with Crippen molar-refractivity contribution in [1.29, 1.82) is 0 Å². The standard InChI is InChI=1S/C20H23F3N6O2/c1-3-16-24-17(30-26-16)12-28-7-9-29(10-8-28)13(2)19-25-18(27-31-19)14-5-4-6-15(11-14)20(21,22)23/h4-6,11,13H,3,7-10,12H2,1-2H3. The van der Waals surface area contributed by atoms with E-state index in [4.69, 9.17) is 9.05 Å². The van der Waals surface area contributed by atoms with E-state index in [2.05, 4.69) is 30.1 Å². The molecule has 1 saturated heterocycles. The lowest BCUT2D eigenvalue weighted by Gasteiger charge is -2.36. The maximum atomic E-state index is 13.0. The molecule has 4 rings (SSSR count). The normalized spacial score (nSPS) is 17.2. The van der Waals surface area contributed by atoms with E-state index in [1.54, 1.807) is 0 Å². The molecule has 1 aromatic carbocycles. The largest absolute Gasteiger partial charge is 0.416 e. The Labute approximate surface area is 177 Å². The molecule has 0 bridgehead atoms. The minimum Gasteiger partial charge on any atom is -0.338 e. The van der Waals surface area contributed by atoms with Crippen molar-refractivity contribution in [2.24, 2.45) is 0 Å². The fourth-order valence-corrected chi connectivity index (χ4v) is 3.51. The third-order valence-corrected chi connectivity index (χ3v) is 5.39. The molecular weight excluding hydrogens is 413 g/mol. The Morgan fingerprint density at radius 1 is 1.06 bits per heavy atom. The van der Waals surface area contributed by atoms with E-state index in [0.717, 1.165) is 44.7 Å². The maximum Gasteiger partial charge on any atom is 0.416 e. The van der Waals surface area contributed by atoms with Crippen LogP contribution in [0.25, 0.3) is 11.4 Å². The quantitative estimate of drug-likeness (QED) is 0.580. The molecule has 0 radical (unpaired) electrons. The van der Waals surface area contributed by atoms with E-state index < -0.39 is 11.7 Å². The zero-order chi connectivity index (χ0) is 22.0. The van der Waals surface area contributed by atoms with Gasteiger partial charge < -0.3 is 9.05 Å². The fraction of sp³-hybridized carbons (Fsp3) is 0.500. The first-order chi connectivity index (χ1) is 14.8. The first-order valence-corrected chi connectivity index (χ1v) is 10.1. The van der Waals surface area contributed by atoms with Crippen LogP contribution in [0, 0.1) is 0 Å². The van der Waals surface area contributed by atoms with Gasteiger partial charge in [0.15, 0.2) is 5.82 Å². The predicted molar refractivity (Wildman–Crippen MR) is 104 cm³/mol. The lowest BCUT2D eigenvalue weighted by molar-refractivity contribution is -0.137. The first-order valence-electron chi connectivity index (χ1n) is 10.1. The molecule has 1 unspecified atom stereocenters. The van der Waals surface area contributed by atoms with Gasteiger partial charge in [0.05, 0.1) is 18.2 Å². The van der Waals surface area contributed by atoms with E-state index >= 15 is 0 Å². The van der Waals surface area contributed by atoms with Crippen LogP contribution >= 0.6 is 0 Å². The van der Waals surface area contributed by atoms with Gasteiger partial charge in [-0.15, -0.1) is 0 Å². The summed E-state index contributed by atoms with van der Waals surface area (Å²) in [7, 11) is 0. The number of piperazine rings is 1. The third-order valence-electron chi connectivity index (χ3n) is 5.39. The number of aromatic nitrogens is 4. The van der Waals surface area contributed by atoms with Crippen LogP contribution in [0.3, 0.4) is 0 Å². The Balaban J connectivity index is 1.37. The number of halogens is 3. The number of hydrogen-bond donors (Lipinski definition) is 0. The van der Waals surface area contributed by atoms with Crippen molar-refractivity contribution in [2.45, 2.75) is 39.0 Å². The monoisotopic (exact) mass is 436 g/mol. The summed E-state index contributed by atoms with van der Waals surface area (Å²) in [5.41, 5.74) is -0.472. The minimum absolute atomic E-state index is 0.148. The van der Waals surface area contributed by atoms with Crippen molar-refractivity contribution in [3.63, 3.8) is 0 Å². The Bertz CT molecular complexity index is 1010. The Morgan fingerprint density at radius 2 is 1.84 bits per heavy atom. The van der Waals surface area contributed by atoms with Gasteiger partial charge in [-0.2, -0.15) is 23.1 Å². The molecule has 11 heteroatoms. The lowest BCUT2D eigenvalue weighted by atomic mass is 10.1. The summed E-state index contributed by atoms with van der Waals surface area (Å²) < 4.78 is 49.5. The van der Waals surface area contributed by atoms with Crippen molar-refractivity contribution in [2.75, 3.05) is 26.2 Å². The smallest absolute Gasteiger partial charge is 0.338 e. The average molecular weight is 436 g/mol. The minimum atomic E-state index is -4.42. The van der Waals surface area contributed by atoms with Gasteiger partial charge in [-0.25, -0.2) is 0 Å². The van der Waals surface area contributed by atoms with E-state index in [1.165, 1.54) is 12.1 Å². The number of rotatable bonds is 6. The molecule has 166 valence electrons. The van der Waals surface area contributed by atoms with Gasteiger partial charge in [-0.05, 0) is 19.1 Å². The summed E-state index contributed by atoms with van der Waals surface area (Å²) in [5, 5.41) is 7.80. The van der Waals surface area contributed by atoms with E-state index in [1.807, 2.05) is 13.8 Å². The molecule has 3 heterocycles. The highest BCUT2D eigenvalue weighted by atomic mass is 19.4. The van der Waals surface area contributed by atoms with Gasteiger partial charge in [0.2, 0.25) is 17.6 Å². The zero-order valence-corrected chi connectivity index (χ0v) is 17.3. The molecular formula is C20H23F3N6O2. The van der Waals surface area contributed by atoms with Crippen LogP contribution < -0.4 is 0 Å². The SMILES string of the molecule is CCc1noc(CN2CCN(C(C)c3nc(-c4cccc(C(F)(F)F)c4)no3)CC2)n1. The van der Waals surface area contributed by atoms with Gasteiger partial charge in [-0.1, -0.05) is 29.4 Å². The molecule has 1 aliphatic rings. The molecule has 1 fully saturated rings. The molecule has 8 nitrogen and oxygen atoms in total. The average Bonchev–Trinajstić information content (AvgIpc) is 3.43. The number of nitrogens with zero attached hydrogens (tertiary/aromatic N) is 6. The van der Waals surface area contributed by atoms with Crippen molar-refractivity contribution in [1.82, 2.24) is 30.1 Å². The molecule has 0 aliphatic carbocycles. The van der Waals surface area contributed by atoms with Gasteiger partial charge in [0.1, 0.15) is 0 Å². The fourth-order valence-electron chi connectivity index (χ4n) is 3.51. The van der Waals surface area contributed by atoms with Crippen LogP contribution in [-0.4, -0.2) is 56.3 Å². The van der Waals surface area contributed by atoms with Gasteiger partial charge >= 0.3 is 6.18 Å². The number of hydrogen-bond acceptors (Lipinski definition) is 8. The van der Waals surface area contributed by atoms with E-state index in [9.17, 15) is 13.2 Å². The second kappa shape index (κ2) is 8.75. The number of aryl methyl sites for hydroxylation is 1. The maximum absolute atomic E-state index is 13.0. The molecule has 0 spiro atoms. The van der Waals surface area contributed by atoms with Gasteiger partial charge in [-0.3, -0.25) is 9.80 Å². The Kier molecular flexibility index (Phi) is 6.05. The Morgan fingerprint density at radius 3 is 2.52 bits per heavy atom. The van der Waals surface area contributed by atoms with Crippen LogP contribution in [0.1, 0.15) is 43.1 Å². The second-order valence-electron chi connectivity index (χ2n) is 7.48.